The fourth-order valence-electron chi connectivity index (χ4n) is 1.24. The van der Waals surface area contributed by atoms with Gasteiger partial charge in [-0.25, -0.2) is 18.6 Å². The third-order valence-corrected chi connectivity index (χ3v) is 3.86. The maximum absolute atomic E-state index is 8.49. The topological polar surface area (TPSA) is 92.2 Å². The number of hydrogen-bond donors (Lipinski definition) is 0. The first-order valence-electron chi connectivity index (χ1n) is 4.16. The number of rotatable bonds is 0. The third kappa shape index (κ3) is 4.67. The smallest absolute Gasteiger partial charge is 0.222 e. The molecule has 16 heavy (non-hydrogen) atoms. The van der Waals surface area contributed by atoms with Gasteiger partial charge in [-0.05, 0) is 17.9 Å². The van der Waals surface area contributed by atoms with Crippen LogP contribution in [0.4, 0.5) is 0 Å². The molecule has 0 fully saturated rings. The Hall–Kier alpha value is -0.340. The fourth-order valence-corrected chi connectivity index (χ4v) is 3.34. The van der Waals surface area contributed by atoms with E-state index in [4.69, 9.17) is 18.6 Å². The molecule has 0 saturated heterocycles. The van der Waals surface area contributed by atoms with Crippen LogP contribution in [0, 0.1) is 24.1 Å². The van der Waals surface area contributed by atoms with E-state index in [1.54, 1.807) is 0 Å². The largest absolute Gasteiger partial charge is 0.249 e. The van der Waals surface area contributed by atoms with Gasteiger partial charge in [-0.2, -0.15) is 0 Å². The molecule has 2 aromatic rings. The third-order valence-electron chi connectivity index (χ3n) is 1.68. The minimum absolute atomic E-state index is 1.40. The summed E-state index contributed by atoms with van der Waals surface area (Å²) in [4.78, 5) is 1.40. The Morgan fingerprint density at radius 3 is 2.31 bits per heavy atom. The van der Waals surface area contributed by atoms with Crippen molar-refractivity contribution in [1.82, 2.24) is 0 Å². The van der Waals surface area contributed by atoms with Crippen LogP contribution >= 0.6 is 22.7 Å². The summed E-state index contributed by atoms with van der Waals surface area (Å²) in [6.07, 6.45) is 0. The standard InChI is InChI=1S/C9H9S2.ClHO4/c1-6-5-7(2)11-8-3-4-10-9(6)8;2-1(3,4)5/h3-5H,1-2H3;(H,2,3,4,5)/q+1;/p-1. The van der Waals surface area contributed by atoms with E-state index in [9.17, 15) is 0 Å². The van der Waals surface area contributed by atoms with Crippen LogP contribution in [0.25, 0.3) is 9.40 Å². The van der Waals surface area contributed by atoms with E-state index >= 15 is 0 Å². The zero-order valence-corrected chi connectivity index (χ0v) is 10.9. The summed E-state index contributed by atoms with van der Waals surface area (Å²) in [7, 11) is -4.94. The lowest BCUT2D eigenvalue weighted by atomic mass is 10.3. The van der Waals surface area contributed by atoms with Gasteiger partial charge in [0.2, 0.25) is 20.9 Å². The number of thiophene rings is 1. The zero-order chi connectivity index (χ0) is 12.3. The van der Waals surface area contributed by atoms with Gasteiger partial charge in [0, 0.05) is 19.1 Å². The lowest BCUT2D eigenvalue weighted by Gasteiger charge is -2.17. The van der Waals surface area contributed by atoms with Crippen LogP contribution in [-0.4, -0.2) is 0 Å². The van der Waals surface area contributed by atoms with Gasteiger partial charge in [-0.15, -0.1) is 21.6 Å². The van der Waals surface area contributed by atoms with E-state index in [1.807, 2.05) is 22.7 Å². The van der Waals surface area contributed by atoms with Crippen LogP contribution in [0.1, 0.15) is 10.4 Å². The summed E-state index contributed by atoms with van der Waals surface area (Å²) in [6.45, 7) is 4.34. The molecule has 2 heterocycles. The van der Waals surface area contributed by atoms with Crippen molar-refractivity contribution in [3.8, 4) is 0 Å². The van der Waals surface area contributed by atoms with Crippen molar-refractivity contribution >= 4 is 32.1 Å². The SMILES string of the molecule is Cc1cc(C)c2sccc2[s+]1.[O-][Cl+3]([O-])([O-])[O-]. The molecule has 0 radical (unpaired) electrons. The van der Waals surface area contributed by atoms with Gasteiger partial charge in [0.25, 0.3) is 0 Å². The van der Waals surface area contributed by atoms with Crippen LogP contribution in [-0.2, 0) is 0 Å². The Morgan fingerprint density at radius 2 is 1.75 bits per heavy atom. The molecule has 0 bridgehead atoms. The molecule has 0 aromatic carbocycles. The Morgan fingerprint density at radius 1 is 1.19 bits per heavy atom. The summed E-state index contributed by atoms with van der Waals surface area (Å²) < 4.78 is 36.8. The molecule has 0 saturated carbocycles. The highest BCUT2D eigenvalue weighted by Gasteiger charge is 2.10. The van der Waals surface area contributed by atoms with E-state index in [0.717, 1.165) is 0 Å². The predicted molar refractivity (Wildman–Crippen MR) is 53.6 cm³/mol. The Balaban J connectivity index is 0.000000221. The maximum Gasteiger partial charge on any atom is 0.249 e. The van der Waals surface area contributed by atoms with Crippen molar-refractivity contribution < 1.29 is 28.9 Å². The molecular weight excluding hydrogens is 272 g/mol. The van der Waals surface area contributed by atoms with E-state index < -0.39 is 10.2 Å². The lowest BCUT2D eigenvalue weighted by molar-refractivity contribution is -2.00. The van der Waals surface area contributed by atoms with Gasteiger partial charge in [0.05, 0.1) is 4.70 Å². The van der Waals surface area contributed by atoms with Gasteiger partial charge < -0.3 is 0 Å². The van der Waals surface area contributed by atoms with Crippen LogP contribution in [0.15, 0.2) is 17.5 Å². The first-order valence-corrected chi connectivity index (χ1v) is 7.10. The van der Waals surface area contributed by atoms with Crippen molar-refractivity contribution in [3.63, 3.8) is 0 Å². The highest BCUT2D eigenvalue weighted by atomic mass is 35.7. The summed E-state index contributed by atoms with van der Waals surface area (Å²) >= 11 is 3.71. The molecule has 0 unspecified atom stereocenters. The van der Waals surface area contributed by atoms with Crippen LogP contribution in [0.2, 0.25) is 0 Å². The number of fused-ring (bicyclic) bond motifs is 1. The number of aryl methyl sites for hydroxylation is 2. The van der Waals surface area contributed by atoms with Gasteiger partial charge in [0.15, 0.2) is 0 Å². The van der Waals surface area contributed by atoms with Crippen molar-refractivity contribution in [2.24, 2.45) is 0 Å². The molecule has 0 atom stereocenters. The summed E-state index contributed by atoms with van der Waals surface area (Å²) in [5.74, 6) is 0. The van der Waals surface area contributed by atoms with E-state index in [1.165, 1.54) is 19.8 Å². The lowest BCUT2D eigenvalue weighted by Crippen LogP contribution is -2.68. The molecule has 0 N–H and O–H groups in total. The fraction of sp³-hybridized carbons (Fsp3) is 0.222. The zero-order valence-electron chi connectivity index (χ0n) is 8.56. The maximum atomic E-state index is 8.49. The molecule has 0 aliphatic carbocycles. The van der Waals surface area contributed by atoms with Crippen molar-refractivity contribution in [2.45, 2.75) is 13.8 Å². The molecule has 88 valence electrons. The van der Waals surface area contributed by atoms with Crippen molar-refractivity contribution in [3.05, 3.63) is 28.0 Å². The highest BCUT2D eigenvalue weighted by Crippen LogP contribution is 2.29. The molecule has 2 aromatic heterocycles. The second kappa shape index (κ2) is 5.33. The molecule has 0 spiro atoms. The second-order valence-corrected chi connectivity index (χ2v) is 5.99. The molecule has 0 aliphatic rings. The van der Waals surface area contributed by atoms with E-state index in [2.05, 4.69) is 31.4 Å². The number of halogens is 1. The van der Waals surface area contributed by atoms with Crippen LogP contribution in [0.3, 0.4) is 0 Å². The summed E-state index contributed by atoms with van der Waals surface area (Å²) in [5.41, 5.74) is 1.41. The predicted octanol–water partition coefficient (Wildman–Crippen LogP) is -0.895. The summed E-state index contributed by atoms with van der Waals surface area (Å²) in [6, 6.07) is 4.45. The van der Waals surface area contributed by atoms with Crippen molar-refractivity contribution in [2.75, 3.05) is 0 Å². The van der Waals surface area contributed by atoms with E-state index in [0.29, 0.717) is 0 Å². The minimum atomic E-state index is -4.94. The van der Waals surface area contributed by atoms with Crippen molar-refractivity contribution in [1.29, 1.82) is 0 Å². The highest BCUT2D eigenvalue weighted by molar-refractivity contribution is 7.25. The molecule has 2 rings (SSSR count). The first kappa shape index (κ1) is 13.7. The van der Waals surface area contributed by atoms with Gasteiger partial charge in [-0.1, -0.05) is 0 Å². The van der Waals surface area contributed by atoms with Gasteiger partial charge >= 0.3 is 0 Å². The Labute approximate surface area is 103 Å². The molecule has 0 amide bonds. The molecular formula is C9H9ClO4S2. The average molecular weight is 281 g/mol. The van der Waals surface area contributed by atoms with Gasteiger partial charge in [-0.3, -0.25) is 0 Å². The van der Waals surface area contributed by atoms with Crippen LogP contribution in [0.5, 0.6) is 0 Å². The Bertz CT molecular complexity index is 472. The average Bonchev–Trinajstić information content (AvgIpc) is 2.47. The Kier molecular flexibility index (Phi) is 4.57. The quantitative estimate of drug-likeness (QED) is 0.585. The number of hydrogen-bond acceptors (Lipinski definition) is 5. The first-order chi connectivity index (χ1) is 7.27. The molecule has 7 heteroatoms. The van der Waals surface area contributed by atoms with E-state index in [-0.39, 0.29) is 0 Å². The monoisotopic (exact) mass is 280 g/mol. The normalized spacial score (nSPS) is 11.1. The molecule has 4 nitrogen and oxygen atoms in total. The second-order valence-electron chi connectivity index (χ2n) is 3.03. The minimum Gasteiger partial charge on any atom is -0.222 e. The van der Waals surface area contributed by atoms with Gasteiger partial charge in [0.1, 0.15) is 0 Å². The molecule has 0 aliphatic heterocycles. The van der Waals surface area contributed by atoms with Crippen LogP contribution < -0.4 is 18.6 Å². The summed E-state index contributed by atoms with van der Waals surface area (Å²) in [5, 5.41) is 2.16.